The molecule has 2 heterocycles. The van der Waals surface area contributed by atoms with Gasteiger partial charge in [0.15, 0.2) is 5.82 Å². The predicted octanol–water partition coefficient (Wildman–Crippen LogP) is 0.624. The zero-order chi connectivity index (χ0) is 9.97. The first kappa shape index (κ1) is 9.48. The number of rotatable bonds is 2. The highest BCUT2D eigenvalue weighted by Gasteiger charge is 2.17. The van der Waals surface area contributed by atoms with Crippen LogP contribution in [0.4, 0.5) is 5.82 Å². The number of aromatic nitrogens is 2. The van der Waals surface area contributed by atoms with E-state index >= 15 is 0 Å². The number of nitrogens with zero attached hydrogens (tertiary/aromatic N) is 1. The first-order valence-corrected chi connectivity index (χ1v) is 4.72. The molecule has 2 rings (SSSR count). The molecule has 0 aliphatic carbocycles. The first-order chi connectivity index (χ1) is 6.77. The highest BCUT2D eigenvalue weighted by atomic mass is 35.5. The number of anilines is 1. The Labute approximate surface area is 85.5 Å². The Balaban J connectivity index is 2.15. The lowest BCUT2D eigenvalue weighted by Crippen LogP contribution is -2.22. The van der Waals surface area contributed by atoms with E-state index in [1.54, 1.807) is 0 Å². The summed E-state index contributed by atoms with van der Waals surface area (Å²) < 4.78 is 5.18. The van der Waals surface area contributed by atoms with E-state index in [2.05, 4.69) is 15.3 Å². The standard InChI is InChI=1S/C8H10ClN3O2/c9-6-7(10-4-11-8(6)13)12-5-1-2-14-3-5/h4-5H,1-3H2,(H2,10,11,12,13). The first-order valence-electron chi connectivity index (χ1n) is 4.35. The third-order valence-corrected chi connectivity index (χ3v) is 2.42. The number of nitrogens with one attached hydrogen (secondary N) is 2. The van der Waals surface area contributed by atoms with Gasteiger partial charge in [0, 0.05) is 6.61 Å². The molecule has 1 unspecified atom stereocenters. The van der Waals surface area contributed by atoms with Gasteiger partial charge >= 0.3 is 0 Å². The van der Waals surface area contributed by atoms with Crippen LogP contribution in [0.25, 0.3) is 0 Å². The van der Waals surface area contributed by atoms with E-state index in [1.807, 2.05) is 0 Å². The van der Waals surface area contributed by atoms with Crippen LogP contribution in [0, 0.1) is 0 Å². The maximum atomic E-state index is 11.1. The van der Waals surface area contributed by atoms with Crippen molar-refractivity contribution in [3.8, 4) is 0 Å². The van der Waals surface area contributed by atoms with Crippen molar-refractivity contribution in [1.29, 1.82) is 0 Å². The van der Waals surface area contributed by atoms with Crippen LogP contribution in [0.3, 0.4) is 0 Å². The maximum Gasteiger partial charge on any atom is 0.271 e. The van der Waals surface area contributed by atoms with Crippen LogP contribution in [-0.4, -0.2) is 29.2 Å². The molecule has 0 bridgehead atoms. The molecule has 14 heavy (non-hydrogen) atoms. The summed E-state index contributed by atoms with van der Waals surface area (Å²) in [4.78, 5) is 17.5. The number of hydrogen-bond donors (Lipinski definition) is 2. The Bertz CT molecular complexity index is 373. The van der Waals surface area contributed by atoms with Gasteiger partial charge in [-0.1, -0.05) is 11.6 Å². The molecular weight excluding hydrogens is 206 g/mol. The van der Waals surface area contributed by atoms with E-state index in [0.29, 0.717) is 12.4 Å². The zero-order valence-electron chi connectivity index (χ0n) is 7.42. The molecule has 0 saturated carbocycles. The molecule has 1 aromatic heterocycles. The van der Waals surface area contributed by atoms with Crippen molar-refractivity contribution >= 4 is 17.4 Å². The third-order valence-electron chi connectivity index (χ3n) is 2.07. The summed E-state index contributed by atoms with van der Waals surface area (Å²) in [6, 6.07) is 0.196. The van der Waals surface area contributed by atoms with Crippen LogP contribution >= 0.6 is 11.6 Å². The molecule has 5 nitrogen and oxygen atoms in total. The van der Waals surface area contributed by atoms with E-state index < -0.39 is 0 Å². The Morgan fingerprint density at radius 3 is 3.29 bits per heavy atom. The molecule has 1 aliphatic rings. The van der Waals surface area contributed by atoms with E-state index in [-0.39, 0.29) is 16.6 Å². The van der Waals surface area contributed by atoms with Gasteiger partial charge in [0.25, 0.3) is 5.56 Å². The minimum Gasteiger partial charge on any atom is -0.379 e. The van der Waals surface area contributed by atoms with Crippen LogP contribution in [0.1, 0.15) is 6.42 Å². The van der Waals surface area contributed by atoms with Gasteiger partial charge in [0.2, 0.25) is 0 Å². The van der Waals surface area contributed by atoms with Crippen LogP contribution < -0.4 is 10.9 Å². The van der Waals surface area contributed by atoms with Crippen molar-refractivity contribution in [1.82, 2.24) is 9.97 Å². The van der Waals surface area contributed by atoms with Gasteiger partial charge in [-0.15, -0.1) is 0 Å². The lowest BCUT2D eigenvalue weighted by molar-refractivity contribution is 0.195. The topological polar surface area (TPSA) is 67.0 Å². The van der Waals surface area contributed by atoms with Crippen LogP contribution in [0.15, 0.2) is 11.1 Å². The number of aromatic amines is 1. The van der Waals surface area contributed by atoms with Gasteiger partial charge < -0.3 is 15.0 Å². The molecule has 1 saturated heterocycles. The second-order valence-electron chi connectivity index (χ2n) is 3.10. The van der Waals surface area contributed by atoms with Crippen molar-refractivity contribution in [3.05, 3.63) is 21.7 Å². The van der Waals surface area contributed by atoms with E-state index in [4.69, 9.17) is 16.3 Å². The molecule has 0 spiro atoms. The molecule has 0 radical (unpaired) electrons. The third kappa shape index (κ3) is 1.88. The SMILES string of the molecule is O=c1[nH]cnc(NC2CCOC2)c1Cl. The van der Waals surface area contributed by atoms with Crippen molar-refractivity contribution in [2.75, 3.05) is 18.5 Å². The van der Waals surface area contributed by atoms with Crippen molar-refractivity contribution in [2.45, 2.75) is 12.5 Å². The van der Waals surface area contributed by atoms with Gasteiger partial charge in [0.1, 0.15) is 5.02 Å². The quantitative estimate of drug-likeness (QED) is 0.759. The lowest BCUT2D eigenvalue weighted by Gasteiger charge is -2.11. The van der Waals surface area contributed by atoms with Crippen LogP contribution in [0.2, 0.25) is 5.02 Å². The Morgan fingerprint density at radius 2 is 2.57 bits per heavy atom. The minimum absolute atomic E-state index is 0.0967. The molecule has 0 amide bonds. The fourth-order valence-corrected chi connectivity index (χ4v) is 1.48. The fourth-order valence-electron chi connectivity index (χ4n) is 1.33. The Morgan fingerprint density at radius 1 is 1.71 bits per heavy atom. The maximum absolute atomic E-state index is 11.1. The highest BCUT2D eigenvalue weighted by Crippen LogP contribution is 2.16. The molecule has 1 aliphatic heterocycles. The van der Waals surface area contributed by atoms with E-state index in [1.165, 1.54) is 6.33 Å². The summed E-state index contributed by atoms with van der Waals surface area (Å²) in [6.07, 6.45) is 2.23. The summed E-state index contributed by atoms with van der Waals surface area (Å²) in [5, 5.41) is 3.16. The molecule has 1 aromatic rings. The molecule has 6 heteroatoms. The predicted molar refractivity (Wildman–Crippen MR) is 52.7 cm³/mol. The molecule has 76 valence electrons. The minimum atomic E-state index is -0.330. The number of H-pyrrole nitrogens is 1. The molecule has 0 aromatic carbocycles. The molecule has 1 fully saturated rings. The van der Waals surface area contributed by atoms with E-state index in [0.717, 1.165) is 13.0 Å². The van der Waals surface area contributed by atoms with Gasteiger partial charge in [-0.3, -0.25) is 4.79 Å². The Kier molecular flexibility index (Phi) is 2.69. The molecule has 2 N–H and O–H groups in total. The highest BCUT2D eigenvalue weighted by molar-refractivity contribution is 6.32. The summed E-state index contributed by atoms with van der Waals surface area (Å²) in [5.41, 5.74) is -0.330. The smallest absolute Gasteiger partial charge is 0.271 e. The molecule has 1 atom stereocenters. The second kappa shape index (κ2) is 3.98. The lowest BCUT2D eigenvalue weighted by atomic mass is 10.2. The largest absolute Gasteiger partial charge is 0.379 e. The number of halogens is 1. The Hall–Kier alpha value is -1.07. The van der Waals surface area contributed by atoms with Gasteiger partial charge in [-0.05, 0) is 6.42 Å². The van der Waals surface area contributed by atoms with Crippen LogP contribution in [-0.2, 0) is 4.74 Å². The van der Waals surface area contributed by atoms with Crippen molar-refractivity contribution in [3.63, 3.8) is 0 Å². The van der Waals surface area contributed by atoms with Crippen LogP contribution in [0.5, 0.6) is 0 Å². The van der Waals surface area contributed by atoms with Crippen molar-refractivity contribution < 1.29 is 4.74 Å². The summed E-state index contributed by atoms with van der Waals surface area (Å²) >= 11 is 5.76. The summed E-state index contributed by atoms with van der Waals surface area (Å²) in [5.74, 6) is 0.422. The average molecular weight is 216 g/mol. The van der Waals surface area contributed by atoms with Gasteiger partial charge in [0.05, 0.1) is 19.0 Å². The summed E-state index contributed by atoms with van der Waals surface area (Å²) in [7, 11) is 0. The second-order valence-corrected chi connectivity index (χ2v) is 3.48. The fraction of sp³-hybridized carbons (Fsp3) is 0.500. The van der Waals surface area contributed by atoms with Gasteiger partial charge in [-0.2, -0.15) is 0 Å². The summed E-state index contributed by atoms with van der Waals surface area (Å²) in [6.45, 7) is 1.36. The molecular formula is C8H10ClN3O2. The zero-order valence-corrected chi connectivity index (χ0v) is 8.17. The van der Waals surface area contributed by atoms with Gasteiger partial charge in [-0.25, -0.2) is 4.98 Å². The average Bonchev–Trinajstić information content (AvgIpc) is 2.66. The monoisotopic (exact) mass is 215 g/mol. The normalized spacial score (nSPS) is 21.1. The number of hydrogen-bond acceptors (Lipinski definition) is 4. The van der Waals surface area contributed by atoms with Crippen molar-refractivity contribution in [2.24, 2.45) is 0 Å². The van der Waals surface area contributed by atoms with E-state index in [9.17, 15) is 4.79 Å². The number of ether oxygens (including phenoxy) is 1.